The number of aromatic nitrogens is 1. The molecule has 1 aliphatic rings. The molecule has 0 unspecified atom stereocenters. The molecule has 0 fully saturated rings. The molecule has 2 aromatic rings. The first-order chi connectivity index (χ1) is 10.0. The fourth-order valence-electron chi connectivity index (χ4n) is 2.53. The smallest absolute Gasteiger partial charge is 0.356 e. The van der Waals surface area contributed by atoms with Crippen LogP contribution in [0, 0.1) is 0 Å². The van der Waals surface area contributed by atoms with Crippen molar-refractivity contribution in [3.05, 3.63) is 39.9 Å². The van der Waals surface area contributed by atoms with E-state index >= 15 is 0 Å². The molecule has 5 nitrogen and oxygen atoms in total. The van der Waals surface area contributed by atoms with Crippen LogP contribution in [-0.2, 0) is 12.8 Å². The fraction of sp³-hybridized carbons (Fsp3) is 0.267. The zero-order valence-electron chi connectivity index (χ0n) is 11.5. The van der Waals surface area contributed by atoms with Crippen molar-refractivity contribution in [3.63, 3.8) is 0 Å². The lowest BCUT2D eigenvalue weighted by atomic mass is 10.1. The van der Waals surface area contributed by atoms with Crippen LogP contribution in [0.15, 0.2) is 18.2 Å². The number of nitrogens with zero attached hydrogens (tertiary/aromatic N) is 1. The second-order valence-electron chi connectivity index (χ2n) is 5.02. The average Bonchev–Trinajstić information content (AvgIpc) is 3.04. The number of rotatable bonds is 4. The SMILES string of the molecule is CC(=O)c1sc(Nc2ccc3c(c2)CCC3)nc1C(=O)O. The Kier molecular flexibility index (Phi) is 3.47. The van der Waals surface area contributed by atoms with Gasteiger partial charge >= 0.3 is 5.97 Å². The maximum absolute atomic E-state index is 11.5. The van der Waals surface area contributed by atoms with Crippen molar-refractivity contribution in [1.29, 1.82) is 0 Å². The summed E-state index contributed by atoms with van der Waals surface area (Å²) in [5.74, 6) is -1.47. The number of hydrogen-bond acceptors (Lipinski definition) is 5. The molecule has 0 amide bonds. The largest absolute Gasteiger partial charge is 0.476 e. The van der Waals surface area contributed by atoms with E-state index in [0.29, 0.717) is 5.13 Å². The number of fused-ring (bicyclic) bond motifs is 1. The molecule has 0 radical (unpaired) electrons. The molecule has 6 heteroatoms. The molecule has 0 spiro atoms. The molecule has 1 aromatic carbocycles. The third-order valence-electron chi connectivity index (χ3n) is 3.50. The van der Waals surface area contributed by atoms with Crippen molar-refractivity contribution in [2.24, 2.45) is 0 Å². The molecule has 0 bridgehead atoms. The minimum atomic E-state index is -1.18. The number of carbonyl (C=O) groups is 2. The first-order valence-electron chi connectivity index (χ1n) is 6.68. The van der Waals surface area contributed by atoms with E-state index in [4.69, 9.17) is 5.11 Å². The van der Waals surface area contributed by atoms with Gasteiger partial charge in [-0.1, -0.05) is 17.4 Å². The molecular weight excluding hydrogens is 288 g/mol. The van der Waals surface area contributed by atoms with Gasteiger partial charge in [0, 0.05) is 12.6 Å². The van der Waals surface area contributed by atoms with Crippen molar-refractivity contribution in [3.8, 4) is 0 Å². The summed E-state index contributed by atoms with van der Waals surface area (Å²) in [7, 11) is 0. The number of carboxylic acids is 1. The monoisotopic (exact) mass is 302 g/mol. The molecule has 108 valence electrons. The van der Waals surface area contributed by atoms with E-state index in [1.807, 2.05) is 6.07 Å². The van der Waals surface area contributed by atoms with Crippen LogP contribution < -0.4 is 5.32 Å². The van der Waals surface area contributed by atoms with Crippen LogP contribution in [0.3, 0.4) is 0 Å². The van der Waals surface area contributed by atoms with Crippen molar-refractivity contribution in [2.75, 3.05) is 5.32 Å². The predicted octanol–water partition coefficient (Wildman–Crippen LogP) is 3.28. The normalized spacial score (nSPS) is 13.0. The average molecular weight is 302 g/mol. The molecule has 0 saturated carbocycles. The summed E-state index contributed by atoms with van der Waals surface area (Å²) >= 11 is 1.07. The third-order valence-corrected chi connectivity index (χ3v) is 4.57. The van der Waals surface area contributed by atoms with Gasteiger partial charge in [-0.25, -0.2) is 9.78 Å². The number of carbonyl (C=O) groups excluding carboxylic acids is 1. The van der Waals surface area contributed by atoms with Crippen molar-refractivity contribution in [2.45, 2.75) is 26.2 Å². The Labute approximate surface area is 125 Å². The minimum absolute atomic E-state index is 0.172. The van der Waals surface area contributed by atoms with E-state index < -0.39 is 5.97 Å². The van der Waals surface area contributed by atoms with Gasteiger partial charge in [0.2, 0.25) is 0 Å². The first-order valence-corrected chi connectivity index (χ1v) is 7.50. The molecule has 21 heavy (non-hydrogen) atoms. The number of anilines is 2. The topological polar surface area (TPSA) is 79.3 Å². The Morgan fingerprint density at radius 2 is 2.05 bits per heavy atom. The second kappa shape index (κ2) is 5.29. The summed E-state index contributed by atoms with van der Waals surface area (Å²) in [5, 5.41) is 12.6. The van der Waals surface area contributed by atoms with E-state index in [9.17, 15) is 9.59 Å². The van der Waals surface area contributed by atoms with E-state index in [1.54, 1.807) is 0 Å². The molecule has 1 aromatic heterocycles. The van der Waals surface area contributed by atoms with Gasteiger partial charge in [0.1, 0.15) is 4.88 Å². The molecular formula is C15H14N2O3S. The standard InChI is InChI=1S/C15H14N2O3S/c1-8(18)13-12(14(19)20)17-15(21-13)16-11-6-5-9-3-2-4-10(9)7-11/h5-7H,2-4H2,1H3,(H,16,17)(H,19,20). The van der Waals surface area contributed by atoms with Gasteiger partial charge in [0.15, 0.2) is 16.6 Å². The lowest BCUT2D eigenvalue weighted by molar-refractivity contribution is 0.0687. The van der Waals surface area contributed by atoms with Crippen LogP contribution >= 0.6 is 11.3 Å². The van der Waals surface area contributed by atoms with Crippen LogP contribution in [0.2, 0.25) is 0 Å². The number of carboxylic acid groups (broad SMARTS) is 1. The van der Waals surface area contributed by atoms with E-state index in [2.05, 4.69) is 22.4 Å². The highest BCUT2D eigenvalue weighted by atomic mass is 32.1. The highest BCUT2D eigenvalue weighted by molar-refractivity contribution is 7.17. The summed E-state index contributed by atoms with van der Waals surface area (Å²) < 4.78 is 0. The molecule has 0 saturated heterocycles. The number of Topliss-reactive ketones (excluding diaryl/α,β-unsaturated/α-hetero) is 1. The first kappa shape index (κ1) is 13.8. The zero-order valence-corrected chi connectivity index (χ0v) is 12.3. The molecule has 0 atom stereocenters. The number of aromatic carboxylic acids is 1. The Bertz CT molecular complexity index is 705. The number of benzene rings is 1. The lowest BCUT2D eigenvalue weighted by Crippen LogP contribution is -2.03. The Morgan fingerprint density at radius 1 is 1.29 bits per heavy atom. The van der Waals surface area contributed by atoms with Gasteiger partial charge in [-0.2, -0.15) is 0 Å². The Morgan fingerprint density at radius 3 is 2.71 bits per heavy atom. The molecule has 1 aliphatic carbocycles. The summed E-state index contributed by atoms with van der Waals surface area (Å²) in [6.45, 7) is 1.35. The Hall–Kier alpha value is -2.21. The van der Waals surface area contributed by atoms with Gasteiger partial charge in [0.25, 0.3) is 0 Å². The number of thiazole rings is 1. The summed E-state index contributed by atoms with van der Waals surface area (Å²) in [4.78, 5) is 26.8. The van der Waals surface area contributed by atoms with Crippen LogP contribution in [0.1, 0.15) is 44.6 Å². The van der Waals surface area contributed by atoms with E-state index in [0.717, 1.165) is 29.9 Å². The third kappa shape index (κ3) is 2.67. The molecule has 1 heterocycles. The quantitative estimate of drug-likeness (QED) is 0.847. The lowest BCUT2D eigenvalue weighted by Gasteiger charge is -2.05. The van der Waals surface area contributed by atoms with Crippen molar-refractivity contribution < 1.29 is 14.7 Å². The van der Waals surface area contributed by atoms with Crippen LogP contribution in [0.5, 0.6) is 0 Å². The summed E-state index contributed by atoms with van der Waals surface area (Å²) in [6, 6.07) is 6.11. The maximum Gasteiger partial charge on any atom is 0.356 e. The summed E-state index contributed by atoms with van der Waals surface area (Å²) in [6.07, 6.45) is 3.36. The maximum atomic E-state index is 11.5. The number of nitrogens with one attached hydrogen (secondary N) is 1. The van der Waals surface area contributed by atoms with Gasteiger partial charge < -0.3 is 10.4 Å². The number of aryl methyl sites for hydroxylation is 2. The van der Waals surface area contributed by atoms with E-state index in [-0.39, 0.29) is 16.4 Å². The Balaban J connectivity index is 1.90. The number of ketones is 1. The fourth-order valence-corrected chi connectivity index (χ4v) is 3.40. The zero-order chi connectivity index (χ0) is 15.0. The highest BCUT2D eigenvalue weighted by Gasteiger charge is 2.20. The second-order valence-corrected chi connectivity index (χ2v) is 6.02. The highest BCUT2D eigenvalue weighted by Crippen LogP contribution is 2.29. The molecule has 2 N–H and O–H groups in total. The van der Waals surface area contributed by atoms with Gasteiger partial charge in [-0.15, -0.1) is 0 Å². The summed E-state index contributed by atoms with van der Waals surface area (Å²) in [5.41, 5.74) is 3.38. The van der Waals surface area contributed by atoms with Gasteiger partial charge in [0.05, 0.1) is 0 Å². The van der Waals surface area contributed by atoms with Crippen molar-refractivity contribution >= 4 is 33.9 Å². The van der Waals surface area contributed by atoms with E-state index in [1.165, 1.54) is 24.5 Å². The predicted molar refractivity (Wildman–Crippen MR) is 80.8 cm³/mol. The van der Waals surface area contributed by atoms with Crippen LogP contribution in [-0.4, -0.2) is 21.8 Å². The van der Waals surface area contributed by atoms with Crippen molar-refractivity contribution in [1.82, 2.24) is 4.98 Å². The minimum Gasteiger partial charge on any atom is -0.476 e. The molecule has 3 rings (SSSR count). The number of hydrogen-bond donors (Lipinski definition) is 2. The molecule has 0 aliphatic heterocycles. The van der Waals surface area contributed by atoms with Crippen LogP contribution in [0.25, 0.3) is 0 Å². The van der Waals surface area contributed by atoms with Gasteiger partial charge in [-0.05, 0) is 42.5 Å². The van der Waals surface area contributed by atoms with Crippen LogP contribution in [0.4, 0.5) is 10.8 Å². The van der Waals surface area contributed by atoms with Gasteiger partial charge in [-0.3, -0.25) is 4.79 Å².